The SMILES string of the molecule is Cc1ccc(N2CCN(C(=O)c3[nH]nc4c3CSc3sc(Br)cc3-4)CC2)cc1. The van der Waals surface area contributed by atoms with E-state index in [1.54, 1.807) is 23.1 Å². The molecule has 1 fully saturated rings. The Morgan fingerprint density at radius 3 is 2.68 bits per heavy atom. The highest BCUT2D eigenvalue weighted by molar-refractivity contribution is 9.11. The molecule has 1 amide bonds. The molecule has 2 aliphatic heterocycles. The fraction of sp³-hybridized carbons (Fsp3) is 0.300. The molecule has 28 heavy (non-hydrogen) atoms. The summed E-state index contributed by atoms with van der Waals surface area (Å²) < 4.78 is 2.36. The molecule has 0 spiro atoms. The molecular weight excluding hydrogens is 456 g/mol. The smallest absolute Gasteiger partial charge is 0.272 e. The second kappa shape index (κ2) is 7.24. The Labute approximate surface area is 180 Å². The van der Waals surface area contributed by atoms with Crippen LogP contribution in [0.3, 0.4) is 0 Å². The number of benzene rings is 1. The molecule has 0 radical (unpaired) electrons. The van der Waals surface area contributed by atoms with Gasteiger partial charge < -0.3 is 9.80 Å². The maximum atomic E-state index is 13.2. The third-order valence-corrected chi connectivity index (χ3v) is 8.27. The number of hydrogen-bond donors (Lipinski definition) is 1. The van der Waals surface area contributed by atoms with E-state index < -0.39 is 0 Å². The number of aryl methyl sites for hydroxylation is 1. The molecule has 5 nitrogen and oxygen atoms in total. The zero-order valence-electron chi connectivity index (χ0n) is 15.4. The Bertz CT molecular complexity index is 1040. The van der Waals surface area contributed by atoms with Crippen molar-refractivity contribution in [2.24, 2.45) is 0 Å². The molecular formula is C20H19BrN4OS2. The number of rotatable bonds is 2. The van der Waals surface area contributed by atoms with Crippen LogP contribution in [-0.4, -0.2) is 47.2 Å². The van der Waals surface area contributed by atoms with Crippen LogP contribution in [0.25, 0.3) is 11.3 Å². The summed E-state index contributed by atoms with van der Waals surface area (Å²) in [6.07, 6.45) is 0. The van der Waals surface area contributed by atoms with E-state index in [1.807, 2.05) is 4.90 Å². The van der Waals surface area contributed by atoms with Crippen molar-refractivity contribution in [1.29, 1.82) is 0 Å². The summed E-state index contributed by atoms with van der Waals surface area (Å²) in [6, 6.07) is 10.7. The number of carbonyl (C=O) groups excluding carboxylic acids is 1. The van der Waals surface area contributed by atoms with Crippen molar-refractivity contribution >= 4 is 50.6 Å². The Hall–Kier alpha value is -1.77. The van der Waals surface area contributed by atoms with E-state index >= 15 is 0 Å². The van der Waals surface area contributed by atoms with Crippen molar-refractivity contribution in [2.75, 3.05) is 31.1 Å². The van der Waals surface area contributed by atoms with Gasteiger partial charge in [0.2, 0.25) is 0 Å². The van der Waals surface area contributed by atoms with Crippen LogP contribution in [-0.2, 0) is 5.75 Å². The largest absolute Gasteiger partial charge is 0.368 e. The summed E-state index contributed by atoms with van der Waals surface area (Å²) >= 11 is 7.07. The number of halogens is 1. The lowest BCUT2D eigenvalue weighted by Gasteiger charge is -2.36. The van der Waals surface area contributed by atoms with E-state index in [2.05, 4.69) is 68.3 Å². The molecule has 0 atom stereocenters. The second-order valence-corrected chi connectivity index (χ2v) is 10.8. The Morgan fingerprint density at radius 2 is 1.93 bits per heavy atom. The Balaban J connectivity index is 1.32. The summed E-state index contributed by atoms with van der Waals surface area (Å²) in [4.78, 5) is 17.4. The van der Waals surface area contributed by atoms with E-state index in [1.165, 1.54) is 15.5 Å². The van der Waals surface area contributed by atoms with Crippen LogP contribution in [0.5, 0.6) is 0 Å². The third kappa shape index (κ3) is 3.17. The summed E-state index contributed by atoms with van der Waals surface area (Å²) in [5.41, 5.74) is 6.23. The van der Waals surface area contributed by atoms with Gasteiger partial charge in [-0.15, -0.1) is 23.1 Å². The van der Waals surface area contributed by atoms with Crippen LogP contribution in [0, 0.1) is 6.92 Å². The van der Waals surface area contributed by atoms with E-state index in [9.17, 15) is 4.79 Å². The second-order valence-electron chi connectivity index (χ2n) is 7.08. The highest BCUT2D eigenvalue weighted by atomic mass is 79.9. The van der Waals surface area contributed by atoms with Crippen molar-refractivity contribution in [3.8, 4) is 11.3 Å². The van der Waals surface area contributed by atoms with Crippen molar-refractivity contribution < 1.29 is 4.79 Å². The van der Waals surface area contributed by atoms with E-state index in [0.29, 0.717) is 5.69 Å². The van der Waals surface area contributed by atoms with Crippen molar-refractivity contribution in [2.45, 2.75) is 16.9 Å². The van der Waals surface area contributed by atoms with Gasteiger partial charge in [0.05, 0.1) is 13.7 Å². The topological polar surface area (TPSA) is 52.2 Å². The first-order valence-corrected chi connectivity index (χ1v) is 11.8. The Kier molecular flexibility index (Phi) is 4.72. The summed E-state index contributed by atoms with van der Waals surface area (Å²) in [5.74, 6) is 0.853. The standard InChI is InChI=1S/C20H19BrN4OS2/c1-12-2-4-13(5-3-12)24-6-8-25(9-7-24)19(26)18-15-11-27-20-14(10-16(21)28-20)17(15)22-23-18/h2-5,10H,6-9,11H2,1H3,(H,22,23). The minimum atomic E-state index is 0.0654. The fourth-order valence-electron chi connectivity index (χ4n) is 3.74. The number of amides is 1. The van der Waals surface area contributed by atoms with Gasteiger partial charge in [-0.25, -0.2) is 0 Å². The molecule has 1 aromatic carbocycles. The normalized spacial score (nSPS) is 16.1. The number of piperazine rings is 1. The molecule has 3 aromatic rings. The number of aromatic amines is 1. The number of hydrogen-bond acceptors (Lipinski definition) is 5. The van der Waals surface area contributed by atoms with Crippen molar-refractivity contribution in [3.05, 3.63) is 50.9 Å². The number of anilines is 1. The molecule has 144 valence electrons. The average molecular weight is 475 g/mol. The third-order valence-electron chi connectivity index (χ3n) is 5.32. The first kappa shape index (κ1) is 18.3. The number of thiophene rings is 1. The van der Waals surface area contributed by atoms with E-state index in [-0.39, 0.29) is 5.91 Å². The minimum Gasteiger partial charge on any atom is -0.368 e. The van der Waals surface area contributed by atoms with Crippen LogP contribution < -0.4 is 4.90 Å². The molecule has 0 aliphatic carbocycles. The first-order chi connectivity index (χ1) is 13.6. The van der Waals surface area contributed by atoms with Gasteiger partial charge in [0.25, 0.3) is 5.91 Å². The van der Waals surface area contributed by atoms with Gasteiger partial charge in [-0.2, -0.15) is 5.10 Å². The molecule has 5 rings (SSSR count). The van der Waals surface area contributed by atoms with E-state index in [0.717, 1.165) is 52.5 Å². The van der Waals surface area contributed by atoms with Gasteiger partial charge in [0.1, 0.15) is 5.69 Å². The number of aromatic nitrogens is 2. The lowest BCUT2D eigenvalue weighted by Crippen LogP contribution is -2.49. The van der Waals surface area contributed by atoms with Crippen molar-refractivity contribution in [3.63, 3.8) is 0 Å². The van der Waals surface area contributed by atoms with Gasteiger partial charge in [0, 0.05) is 48.7 Å². The monoisotopic (exact) mass is 474 g/mol. The first-order valence-electron chi connectivity index (χ1n) is 9.21. The predicted octanol–water partition coefficient (Wildman–Crippen LogP) is 4.78. The molecule has 4 heterocycles. The van der Waals surface area contributed by atoms with Gasteiger partial charge >= 0.3 is 0 Å². The number of thioether (sulfide) groups is 1. The summed E-state index contributed by atoms with van der Waals surface area (Å²) in [6.45, 7) is 5.25. The fourth-order valence-corrected chi connectivity index (χ4v) is 6.95. The van der Waals surface area contributed by atoms with Crippen LogP contribution in [0.15, 0.2) is 38.3 Å². The van der Waals surface area contributed by atoms with Crippen LogP contribution in [0.4, 0.5) is 5.69 Å². The van der Waals surface area contributed by atoms with Gasteiger partial charge in [0.15, 0.2) is 0 Å². The summed E-state index contributed by atoms with van der Waals surface area (Å²) in [5, 5.41) is 7.52. The molecule has 8 heteroatoms. The zero-order chi connectivity index (χ0) is 19.3. The van der Waals surface area contributed by atoms with Gasteiger partial charge in [-0.1, -0.05) is 17.7 Å². The lowest BCUT2D eigenvalue weighted by atomic mass is 10.1. The lowest BCUT2D eigenvalue weighted by molar-refractivity contribution is 0.0740. The number of nitrogens with one attached hydrogen (secondary N) is 1. The minimum absolute atomic E-state index is 0.0654. The van der Waals surface area contributed by atoms with Crippen LogP contribution >= 0.6 is 39.0 Å². The van der Waals surface area contributed by atoms with Crippen LogP contribution in [0.1, 0.15) is 21.6 Å². The predicted molar refractivity (Wildman–Crippen MR) is 118 cm³/mol. The molecule has 0 saturated carbocycles. The number of nitrogens with zero attached hydrogens (tertiary/aromatic N) is 3. The molecule has 2 aromatic heterocycles. The number of carbonyl (C=O) groups is 1. The van der Waals surface area contributed by atoms with Gasteiger partial charge in [-0.05, 0) is 41.1 Å². The maximum Gasteiger partial charge on any atom is 0.272 e. The quantitative estimate of drug-likeness (QED) is 0.580. The average Bonchev–Trinajstić information content (AvgIpc) is 3.30. The zero-order valence-corrected chi connectivity index (χ0v) is 18.6. The van der Waals surface area contributed by atoms with Crippen LogP contribution in [0.2, 0.25) is 0 Å². The molecule has 2 aliphatic rings. The van der Waals surface area contributed by atoms with Gasteiger partial charge in [-0.3, -0.25) is 9.89 Å². The van der Waals surface area contributed by atoms with Crippen molar-refractivity contribution in [1.82, 2.24) is 15.1 Å². The molecule has 0 bridgehead atoms. The number of H-pyrrole nitrogens is 1. The highest BCUT2D eigenvalue weighted by Gasteiger charge is 2.30. The molecule has 1 saturated heterocycles. The Morgan fingerprint density at radius 1 is 1.18 bits per heavy atom. The number of fused-ring (bicyclic) bond motifs is 3. The molecule has 1 N–H and O–H groups in total. The molecule has 0 unspecified atom stereocenters. The maximum absolute atomic E-state index is 13.2. The summed E-state index contributed by atoms with van der Waals surface area (Å²) in [7, 11) is 0. The highest BCUT2D eigenvalue weighted by Crippen LogP contribution is 2.47. The van der Waals surface area contributed by atoms with E-state index in [4.69, 9.17) is 0 Å².